The van der Waals surface area contributed by atoms with Crippen molar-refractivity contribution in [3.05, 3.63) is 36.5 Å². The summed E-state index contributed by atoms with van der Waals surface area (Å²) in [6.07, 6.45) is 1.43. The quantitative estimate of drug-likeness (QED) is 0.756. The van der Waals surface area contributed by atoms with Crippen LogP contribution in [-0.2, 0) is 10.0 Å². The first-order valence-electron chi connectivity index (χ1n) is 3.95. The highest BCUT2D eigenvalue weighted by Gasteiger charge is 2.11. The molecule has 0 spiro atoms. The Hall–Kier alpha value is -1.46. The highest BCUT2D eigenvalue weighted by molar-refractivity contribution is 7.89. The molecule has 4 nitrogen and oxygen atoms in total. The van der Waals surface area contributed by atoms with Crippen molar-refractivity contribution in [3.63, 3.8) is 0 Å². The van der Waals surface area contributed by atoms with E-state index in [4.69, 9.17) is 5.14 Å². The lowest BCUT2D eigenvalue weighted by Gasteiger charge is -2.02. The van der Waals surface area contributed by atoms with Crippen LogP contribution in [0.4, 0.5) is 0 Å². The number of hydrogen-bond donors (Lipinski definition) is 1. The van der Waals surface area contributed by atoms with E-state index in [1.807, 2.05) is 0 Å². The molecule has 0 radical (unpaired) electrons. The molecule has 0 saturated heterocycles. The zero-order valence-electron chi connectivity index (χ0n) is 7.21. The summed E-state index contributed by atoms with van der Waals surface area (Å²) in [5.41, 5.74) is 0.624. The molecular formula is C9H8N2O2S. The molecule has 0 unspecified atom stereocenters. The minimum Gasteiger partial charge on any atom is -0.256 e. The smallest absolute Gasteiger partial charge is 0.238 e. The molecule has 1 heterocycles. The Morgan fingerprint density at radius 3 is 2.57 bits per heavy atom. The monoisotopic (exact) mass is 208 g/mol. The average Bonchev–Trinajstić information content (AvgIpc) is 2.15. The Balaban J connectivity index is 2.92. The van der Waals surface area contributed by atoms with Gasteiger partial charge in [0.25, 0.3) is 0 Å². The minimum absolute atomic E-state index is 0.114. The van der Waals surface area contributed by atoms with Crippen LogP contribution in [-0.4, -0.2) is 13.4 Å². The molecule has 14 heavy (non-hydrogen) atoms. The predicted molar refractivity (Wildman–Crippen MR) is 53.1 cm³/mol. The largest absolute Gasteiger partial charge is 0.256 e. The second-order valence-electron chi connectivity index (χ2n) is 2.87. The molecule has 0 atom stereocenters. The van der Waals surface area contributed by atoms with Gasteiger partial charge in [-0.05, 0) is 12.1 Å². The van der Waals surface area contributed by atoms with Crippen molar-refractivity contribution < 1.29 is 8.42 Å². The van der Waals surface area contributed by atoms with Crippen molar-refractivity contribution in [2.24, 2.45) is 5.14 Å². The first-order valence-corrected chi connectivity index (χ1v) is 5.50. The molecule has 5 heteroatoms. The van der Waals surface area contributed by atoms with Crippen LogP contribution in [0, 0.1) is 0 Å². The second-order valence-corrected chi connectivity index (χ2v) is 4.40. The molecule has 1 aromatic heterocycles. The van der Waals surface area contributed by atoms with E-state index in [1.165, 1.54) is 12.3 Å². The van der Waals surface area contributed by atoms with Crippen molar-refractivity contribution in [2.75, 3.05) is 0 Å². The van der Waals surface area contributed by atoms with E-state index in [0.717, 1.165) is 0 Å². The van der Waals surface area contributed by atoms with E-state index < -0.39 is 10.0 Å². The number of hydrogen-bond acceptors (Lipinski definition) is 3. The highest BCUT2D eigenvalue weighted by Crippen LogP contribution is 2.19. The lowest BCUT2D eigenvalue weighted by Crippen LogP contribution is -2.12. The van der Waals surface area contributed by atoms with Gasteiger partial charge in [-0.15, -0.1) is 0 Å². The number of aromatic nitrogens is 1. The van der Waals surface area contributed by atoms with Crippen LogP contribution in [0.2, 0.25) is 0 Å². The molecule has 0 fully saturated rings. The van der Waals surface area contributed by atoms with Crippen LogP contribution < -0.4 is 5.14 Å². The number of para-hydroxylation sites is 1. The summed E-state index contributed by atoms with van der Waals surface area (Å²) in [6.45, 7) is 0. The third-order valence-electron chi connectivity index (χ3n) is 1.92. The zero-order valence-corrected chi connectivity index (χ0v) is 8.03. The Morgan fingerprint density at radius 1 is 1.14 bits per heavy atom. The number of pyridine rings is 1. The molecule has 0 aliphatic heterocycles. The van der Waals surface area contributed by atoms with Crippen LogP contribution in [0.3, 0.4) is 0 Å². The summed E-state index contributed by atoms with van der Waals surface area (Å²) < 4.78 is 22.4. The maximum Gasteiger partial charge on any atom is 0.238 e. The molecular weight excluding hydrogens is 200 g/mol. The fourth-order valence-electron chi connectivity index (χ4n) is 1.32. The van der Waals surface area contributed by atoms with Crippen LogP contribution >= 0.6 is 0 Å². The van der Waals surface area contributed by atoms with Crippen LogP contribution in [0.5, 0.6) is 0 Å². The van der Waals surface area contributed by atoms with E-state index in [-0.39, 0.29) is 4.90 Å². The Morgan fingerprint density at radius 2 is 1.86 bits per heavy atom. The van der Waals surface area contributed by atoms with E-state index in [9.17, 15) is 8.42 Å². The normalized spacial score (nSPS) is 11.8. The van der Waals surface area contributed by atoms with Crippen molar-refractivity contribution in [1.82, 2.24) is 4.98 Å². The third-order valence-corrected chi connectivity index (χ3v) is 2.88. The van der Waals surface area contributed by atoms with Crippen LogP contribution in [0.1, 0.15) is 0 Å². The fraction of sp³-hybridized carbons (Fsp3) is 0. The van der Waals surface area contributed by atoms with Gasteiger partial charge in [0.05, 0.1) is 10.4 Å². The summed E-state index contributed by atoms with van der Waals surface area (Å²) in [7, 11) is -3.67. The number of nitrogens with two attached hydrogens (primary N) is 1. The molecule has 0 aliphatic rings. The first-order chi connectivity index (χ1) is 6.59. The van der Waals surface area contributed by atoms with Crippen molar-refractivity contribution >= 4 is 20.9 Å². The number of sulfonamides is 1. The Bertz CT molecular complexity index is 573. The van der Waals surface area contributed by atoms with Crippen molar-refractivity contribution in [3.8, 4) is 0 Å². The number of benzene rings is 1. The summed E-state index contributed by atoms with van der Waals surface area (Å²) >= 11 is 0. The van der Waals surface area contributed by atoms with Crippen molar-refractivity contribution in [1.29, 1.82) is 0 Å². The maximum atomic E-state index is 11.2. The van der Waals surface area contributed by atoms with Gasteiger partial charge < -0.3 is 0 Å². The number of fused-ring (bicyclic) bond motifs is 1. The summed E-state index contributed by atoms with van der Waals surface area (Å²) in [5.74, 6) is 0. The Kier molecular flexibility index (Phi) is 1.98. The molecule has 0 amide bonds. The molecule has 2 aromatic rings. The molecule has 0 bridgehead atoms. The molecule has 72 valence electrons. The SMILES string of the molecule is NS(=O)(=O)c1ccnc2ccccc12. The first kappa shape index (κ1) is 9.11. The lowest BCUT2D eigenvalue weighted by atomic mass is 10.2. The zero-order chi connectivity index (χ0) is 10.2. The lowest BCUT2D eigenvalue weighted by molar-refractivity contribution is 0.598. The molecule has 0 saturated carbocycles. The molecule has 0 aliphatic carbocycles. The van der Waals surface area contributed by atoms with Gasteiger partial charge in [0.2, 0.25) is 10.0 Å². The predicted octanol–water partition coefficient (Wildman–Crippen LogP) is 0.882. The van der Waals surface area contributed by atoms with Gasteiger partial charge in [0.15, 0.2) is 0 Å². The summed E-state index contributed by atoms with van der Waals surface area (Å²) in [6, 6.07) is 8.37. The number of nitrogens with zero attached hydrogens (tertiary/aromatic N) is 1. The van der Waals surface area contributed by atoms with Crippen LogP contribution in [0.25, 0.3) is 10.9 Å². The van der Waals surface area contributed by atoms with Gasteiger partial charge in [-0.25, -0.2) is 13.6 Å². The van der Waals surface area contributed by atoms with Gasteiger partial charge in [-0.2, -0.15) is 0 Å². The van der Waals surface area contributed by atoms with Crippen LogP contribution in [0.15, 0.2) is 41.4 Å². The van der Waals surface area contributed by atoms with Gasteiger partial charge in [0.1, 0.15) is 0 Å². The topological polar surface area (TPSA) is 73.1 Å². The fourth-order valence-corrected chi connectivity index (χ4v) is 2.05. The summed E-state index contributed by atoms with van der Waals surface area (Å²) in [5, 5.41) is 5.62. The minimum atomic E-state index is -3.67. The van der Waals surface area contributed by atoms with Gasteiger partial charge in [-0.1, -0.05) is 18.2 Å². The van der Waals surface area contributed by atoms with Crippen molar-refractivity contribution in [2.45, 2.75) is 4.90 Å². The maximum absolute atomic E-state index is 11.2. The number of rotatable bonds is 1. The Labute approximate surface area is 81.4 Å². The average molecular weight is 208 g/mol. The van der Waals surface area contributed by atoms with E-state index >= 15 is 0 Å². The highest BCUT2D eigenvalue weighted by atomic mass is 32.2. The van der Waals surface area contributed by atoms with Gasteiger partial charge in [-0.3, -0.25) is 4.98 Å². The van der Waals surface area contributed by atoms with Gasteiger partial charge in [0, 0.05) is 11.6 Å². The van der Waals surface area contributed by atoms with Gasteiger partial charge >= 0.3 is 0 Å². The standard InChI is InChI=1S/C9H8N2O2S/c10-14(12,13)9-5-6-11-8-4-2-1-3-7(8)9/h1-6H,(H2,10,12,13). The number of primary sulfonamides is 1. The molecule has 2 N–H and O–H groups in total. The summed E-state index contributed by atoms with van der Waals surface area (Å²) in [4.78, 5) is 4.15. The second kappa shape index (κ2) is 3.04. The van der Waals surface area contributed by atoms with E-state index in [1.54, 1.807) is 24.3 Å². The van der Waals surface area contributed by atoms with E-state index in [2.05, 4.69) is 4.98 Å². The van der Waals surface area contributed by atoms with E-state index in [0.29, 0.717) is 10.9 Å². The molecule has 2 rings (SSSR count). The molecule has 1 aromatic carbocycles. The third kappa shape index (κ3) is 1.47.